The molecule has 1 amide bonds. The predicted molar refractivity (Wildman–Crippen MR) is 90.0 cm³/mol. The molecule has 120 valence electrons. The van der Waals surface area contributed by atoms with E-state index in [0.717, 1.165) is 36.4 Å². The summed E-state index contributed by atoms with van der Waals surface area (Å²) in [6.07, 6.45) is 0.986. The first-order valence-corrected chi connectivity index (χ1v) is 7.81. The molecule has 2 aromatic carbocycles. The van der Waals surface area contributed by atoms with Crippen molar-refractivity contribution < 1.29 is 9.18 Å². The number of para-hydroxylation sites is 2. The normalized spacial score (nSPS) is 13.7. The molecule has 0 saturated carbocycles. The first-order valence-electron chi connectivity index (χ1n) is 7.81. The lowest BCUT2D eigenvalue weighted by atomic mass is 10.2. The van der Waals surface area contributed by atoms with Gasteiger partial charge in [0, 0.05) is 19.6 Å². The van der Waals surface area contributed by atoms with Gasteiger partial charge in [0.1, 0.15) is 5.82 Å². The number of carbonyl (C=O) groups is 1. The highest BCUT2D eigenvalue weighted by molar-refractivity contribution is 5.83. The summed E-state index contributed by atoms with van der Waals surface area (Å²) in [6, 6.07) is 14.2. The molecule has 1 aliphatic rings. The number of carbonyl (C=O) groups excluding carboxylic acids is 1. The lowest BCUT2D eigenvalue weighted by molar-refractivity contribution is -0.119. The topological polar surface area (TPSA) is 44.4 Å². The van der Waals surface area contributed by atoms with Crippen LogP contribution in [0.3, 0.4) is 0 Å². The molecule has 0 atom stereocenters. The maximum Gasteiger partial charge on any atom is 0.239 e. The fourth-order valence-electron chi connectivity index (χ4n) is 2.71. The average molecular weight is 313 g/mol. The van der Waals surface area contributed by atoms with Gasteiger partial charge in [0.25, 0.3) is 0 Å². The SMILES string of the molecule is O=C(CN1CCCNc2ccccc21)NCc1ccc(F)cc1. The second-order valence-electron chi connectivity index (χ2n) is 5.62. The highest BCUT2D eigenvalue weighted by Crippen LogP contribution is 2.27. The lowest BCUT2D eigenvalue weighted by Gasteiger charge is -2.23. The van der Waals surface area contributed by atoms with Gasteiger partial charge < -0.3 is 15.5 Å². The monoisotopic (exact) mass is 313 g/mol. The van der Waals surface area contributed by atoms with Gasteiger partial charge in [-0.2, -0.15) is 0 Å². The summed E-state index contributed by atoms with van der Waals surface area (Å²) < 4.78 is 12.9. The number of halogens is 1. The quantitative estimate of drug-likeness (QED) is 0.912. The number of anilines is 2. The molecule has 0 bridgehead atoms. The van der Waals surface area contributed by atoms with E-state index >= 15 is 0 Å². The van der Waals surface area contributed by atoms with Crippen LogP contribution in [0.2, 0.25) is 0 Å². The third-order valence-corrected chi connectivity index (χ3v) is 3.90. The molecule has 5 heteroatoms. The van der Waals surface area contributed by atoms with Crippen LogP contribution < -0.4 is 15.5 Å². The summed E-state index contributed by atoms with van der Waals surface area (Å²) in [7, 11) is 0. The number of nitrogens with zero attached hydrogens (tertiary/aromatic N) is 1. The van der Waals surface area contributed by atoms with Crippen LogP contribution in [0.15, 0.2) is 48.5 Å². The molecule has 23 heavy (non-hydrogen) atoms. The fourth-order valence-corrected chi connectivity index (χ4v) is 2.71. The maximum atomic E-state index is 12.9. The smallest absolute Gasteiger partial charge is 0.239 e. The van der Waals surface area contributed by atoms with Gasteiger partial charge >= 0.3 is 0 Å². The van der Waals surface area contributed by atoms with Crippen molar-refractivity contribution in [3.63, 3.8) is 0 Å². The Hall–Kier alpha value is -2.56. The van der Waals surface area contributed by atoms with E-state index in [4.69, 9.17) is 0 Å². The van der Waals surface area contributed by atoms with Crippen LogP contribution in [-0.4, -0.2) is 25.5 Å². The summed E-state index contributed by atoms with van der Waals surface area (Å²) in [5.41, 5.74) is 3.01. The van der Waals surface area contributed by atoms with Gasteiger partial charge in [-0.25, -0.2) is 4.39 Å². The van der Waals surface area contributed by atoms with Gasteiger partial charge in [0.2, 0.25) is 5.91 Å². The average Bonchev–Trinajstić information content (AvgIpc) is 2.77. The van der Waals surface area contributed by atoms with E-state index in [1.54, 1.807) is 12.1 Å². The zero-order valence-electron chi connectivity index (χ0n) is 12.9. The molecule has 3 rings (SSSR count). The zero-order valence-corrected chi connectivity index (χ0v) is 12.9. The minimum atomic E-state index is -0.270. The molecular formula is C18H20FN3O. The van der Waals surface area contributed by atoms with Crippen LogP contribution in [-0.2, 0) is 11.3 Å². The van der Waals surface area contributed by atoms with Crippen molar-refractivity contribution in [3.05, 3.63) is 59.9 Å². The van der Waals surface area contributed by atoms with Crippen molar-refractivity contribution in [2.75, 3.05) is 29.9 Å². The minimum absolute atomic E-state index is 0.0361. The standard InChI is InChI=1S/C18H20FN3O/c19-15-8-6-14(7-9-15)12-21-18(23)13-22-11-3-10-20-16-4-1-2-5-17(16)22/h1-2,4-9,20H,3,10-13H2,(H,21,23). The molecule has 1 aliphatic heterocycles. The Morgan fingerprint density at radius 3 is 2.78 bits per heavy atom. The largest absolute Gasteiger partial charge is 0.383 e. The molecule has 0 aliphatic carbocycles. The number of hydrogen-bond donors (Lipinski definition) is 2. The van der Waals surface area contributed by atoms with Crippen LogP contribution in [0.5, 0.6) is 0 Å². The number of hydrogen-bond acceptors (Lipinski definition) is 3. The Morgan fingerprint density at radius 2 is 1.96 bits per heavy atom. The number of benzene rings is 2. The summed E-state index contributed by atoms with van der Waals surface area (Å²) in [5, 5.41) is 6.28. The van der Waals surface area contributed by atoms with Crippen LogP contribution in [0, 0.1) is 5.82 Å². The van der Waals surface area contributed by atoms with Crippen LogP contribution in [0.4, 0.5) is 15.8 Å². The van der Waals surface area contributed by atoms with Crippen molar-refractivity contribution in [1.82, 2.24) is 5.32 Å². The lowest BCUT2D eigenvalue weighted by Crippen LogP contribution is -2.37. The first kappa shape index (κ1) is 15.3. The Kier molecular flexibility index (Phi) is 4.76. The number of rotatable bonds is 4. The van der Waals surface area contributed by atoms with E-state index in [9.17, 15) is 9.18 Å². The molecule has 0 radical (unpaired) electrons. The van der Waals surface area contributed by atoms with Crippen molar-refractivity contribution in [1.29, 1.82) is 0 Å². The molecule has 2 N–H and O–H groups in total. The van der Waals surface area contributed by atoms with E-state index in [2.05, 4.69) is 15.5 Å². The van der Waals surface area contributed by atoms with Gasteiger partial charge in [0.15, 0.2) is 0 Å². The summed E-state index contributed by atoms with van der Waals surface area (Å²) in [4.78, 5) is 14.3. The summed E-state index contributed by atoms with van der Waals surface area (Å²) in [6.45, 7) is 2.48. The highest BCUT2D eigenvalue weighted by atomic mass is 19.1. The van der Waals surface area contributed by atoms with E-state index in [1.165, 1.54) is 12.1 Å². The second kappa shape index (κ2) is 7.13. The Labute approximate surface area is 135 Å². The number of amides is 1. The molecular weight excluding hydrogens is 293 g/mol. The molecule has 0 fully saturated rings. The predicted octanol–water partition coefficient (Wildman–Crippen LogP) is 2.76. The highest BCUT2D eigenvalue weighted by Gasteiger charge is 2.16. The molecule has 0 spiro atoms. The Bertz CT molecular complexity index is 672. The Morgan fingerprint density at radius 1 is 1.17 bits per heavy atom. The zero-order chi connectivity index (χ0) is 16.1. The second-order valence-corrected chi connectivity index (χ2v) is 5.62. The third kappa shape index (κ3) is 4.00. The van der Waals surface area contributed by atoms with Crippen molar-refractivity contribution in [2.24, 2.45) is 0 Å². The van der Waals surface area contributed by atoms with E-state index in [0.29, 0.717) is 13.1 Å². The van der Waals surface area contributed by atoms with Gasteiger partial charge in [-0.3, -0.25) is 4.79 Å². The van der Waals surface area contributed by atoms with Crippen LogP contribution in [0.1, 0.15) is 12.0 Å². The van der Waals surface area contributed by atoms with E-state index in [1.807, 2.05) is 24.3 Å². The van der Waals surface area contributed by atoms with Crippen molar-refractivity contribution in [2.45, 2.75) is 13.0 Å². The summed E-state index contributed by atoms with van der Waals surface area (Å²) >= 11 is 0. The minimum Gasteiger partial charge on any atom is -0.383 e. The molecule has 0 aromatic heterocycles. The molecule has 2 aromatic rings. The third-order valence-electron chi connectivity index (χ3n) is 3.90. The van der Waals surface area contributed by atoms with E-state index < -0.39 is 0 Å². The van der Waals surface area contributed by atoms with Gasteiger partial charge in [-0.05, 0) is 36.2 Å². The van der Waals surface area contributed by atoms with Crippen LogP contribution >= 0.6 is 0 Å². The fraction of sp³-hybridized carbons (Fsp3) is 0.278. The van der Waals surface area contributed by atoms with E-state index in [-0.39, 0.29) is 11.7 Å². The van der Waals surface area contributed by atoms with Crippen molar-refractivity contribution >= 4 is 17.3 Å². The molecule has 4 nitrogen and oxygen atoms in total. The van der Waals surface area contributed by atoms with Crippen molar-refractivity contribution in [3.8, 4) is 0 Å². The molecule has 1 heterocycles. The van der Waals surface area contributed by atoms with Crippen LogP contribution in [0.25, 0.3) is 0 Å². The summed E-state index contributed by atoms with van der Waals surface area (Å²) in [5.74, 6) is -0.306. The van der Waals surface area contributed by atoms with Gasteiger partial charge in [-0.15, -0.1) is 0 Å². The van der Waals surface area contributed by atoms with Gasteiger partial charge in [0.05, 0.1) is 17.9 Å². The maximum absolute atomic E-state index is 12.9. The molecule has 0 unspecified atom stereocenters. The first-order chi connectivity index (χ1) is 11.2. The number of nitrogens with one attached hydrogen (secondary N) is 2. The molecule has 0 saturated heterocycles. The Balaban J connectivity index is 1.60. The number of fused-ring (bicyclic) bond motifs is 1. The van der Waals surface area contributed by atoms with Gasteiger partial charge in [-0.1, -0.05) is 24.3 Å².